The third-order valence-electron chi connectivity index (χ3n) is 4.56. The SMILES string of the molecule is C/C=C/COc1cc(C)c(OCCCNCC(Cc2ccccc2)=NOC)c(C)c1. The molecule has 0 fully saturated rings. The van der Waals surface area contributed by atoms with E-state index in [0.29, 0.717) is 19.8 Å². The topological polar surface area (TPSA) is 52.1 Å². The minimum Gasteiger partial charge on any atom is -0.493 e. The van der Waals surface area contributed by atoms with E-state index in [1.807, 2.05) is 49.4 Å². The van der Waals surface area contributed by atoms with Crippen LogP contribution in [0.15, 0.2) is 59.8 Å². The summed E-state index contributed by atoms with van der Waals surface area (Å²) in [5.41, 5.74) is 4.39. The maximum Gasteiger partial charge on any atom is 0.125 e. The van der Waals surface area contributed by atoms with Gasteiger partial charge in [-0.1, -0.05) is 47.6 Å². The zero-order chi connectivity index (χ0) is 21.6. The Balaban J connectivity index is 1.73. The molecule has 2 rings (SSSR count). The molecular weight excluding hydrogens is 376 g/mol. The van der Waals surface area contributed by atoms with Crippen molar-refractivity contribution in [2.24, 2.45) is 5.16 Å². The Kier molecular flexibility index (Phi) is 10.5. The number of rotatable bonds is 13. The molecule has 30 heavy (non-hydrogen) atoms. The van der Waals surface area contributed by atoms with Gasteiger partial charge in [-0.05, 0) is 62.6 Å². The van der Waals surface area contributed by atoms with Crippen molar-refractivity contribution in [1.29, 1.82) is 0 Å². The van der Waals surface area contributed by atoms with E-state index >= 15 is 0 Å². The fraction of sp³-hybridized carbons (Fsp3) is 0.400. The zero-order valence-corrected chi connectivity index (χ0v) is 18.6. The second-order valence-corrected chi connectivity index (χ2v) is 7.15. The lowest BCUT2D eigenvalue weighted by molar-refractivity contribution is 0.212. The predicted octanol–water partition coefficient (Wildman–Crippen LogP) is 4.86. The second kappa shape index (κ2) is 13.4. The van der Waals surface area contributed by atoms with Crippen LogP contribution >= 0.6 is 0 Å². The van der Waals surface area contributed by atoms with Crippen molar-refractivity contribution in [3.63, 3.8) is 0 Å². The van der Waals surface area contributed by atoms with Gasteiger partial charge in [0.05, 0.1) is 12.3 Å². The van der Waals surface area contributed by atoms with Crippen molar-refractivity contribution in [1.82, 2.24) is 5.32 Å². The van der Waals surface area contributed by atoms with E-state index in [1.54, 1.807) is 7.11 Å². The van der Waals surface area contributed by atoms with Crippen LogP contribution < -0.4 is 14.8 Å². The van der Waals surface area contributed by atoms with Crippen LogP contribution in [-0.4, -0.2) is 39.1 Å². The summed E-state index contributed by atoms with van der Waals surface area (Å²) in [6, 6.07) is 14.3. The fourth-order valence-electron chi connectivity index (χ4n) is 3.15. The van der Waals surface area contributed by atoms with Crippen molar-refractivity contribution in [3.05, 3.63) is 71.3 Å². The van der Waals surface area contributed by atoms with Gasteiger partial charge >= 0.3 is 0 Å². The first-order valence-corrected chi connectivity index (χ1v) is 10.5. The van der Waals surface area contributed by atoms with Gasteiger partial charge in [0.15, 0.2) is 0 Å². The number of aryl methyl sites for hydroxylation is 2. The highest BCUT2D eigenvalue weighted by Gasteiger charge is 2.07. The number of hydrogen-bond acceptors (Lipinski definition) is 5. The van der Waals surface area contributed by atoms with E-state index < -0.39 is 0 Å². The molecule has 0 saturated carbocycles. The highest BCUT2D eigenvalue weighted by Crippen LogP contribution is 2.28. The van der Waals surface area contributed by atoms with Crippen LogP contribution in [0, 0.1) is 13.8 Å². The molecule has 0 aliphatic carbocycles. The van der Waals surface area contributed by atoms with Crippen molar-refractivity contribution >= 4 is 5.71 Å². The summed E-state index contributed by atoms with van der Waals surface area (Å²) >= 11 is 0. The Bertz CT molecular complexity index is 793. The number of ether oxygens (including phenoxy) is 2. The fourth-order valence-corrected chi connectivity index (χ4v) is 3.15. The van der Waals surface area contributed by atoms with Crippen LogP contribution in [0.4, 0.5) is 0 Å². The molecular formula is C25H34N2O3. The highest BCUT2D eigenvalue weighted by molar-refractivity contribution is 5.87. The van der Waals surface area contributed by atoms with Crippen LogP contribution in [0.25, 0.3) is 0 Å². The molecule has 0 aromatic heterocycles. The largest absolute Gasteiger partial charge is 0.493 e. The average Bonchev–Trinajstić information content (AvgIpc) is 2.73. The summed E-state index contributed by atoms with van der Waals surface area (Å²) in [6.07, 6.45) is 5.66. The lowest BCUT2D eigenvalue weighted by atomic mass is 10.1. The first-order valence-electron chi connectivity index (χ1n) is 10.5. The van der Waals surface area contributed by atoms with Crippen LogP contribution in [-0.2, 0) is 11.3 Å². The van der Waals surface area contributed by atoms with Crippen molar-refractivity contribution in [2.45, 2.75) is 33.6 Å². The van der Waals surface area contributed by atoms with Crippen molar-refractivity contribution in [2.75, 3.05) is 33.4 Å². The zero-order valence-electron chi connectivity index (χ0n) is 18.6. The summed E-state index contributed by atoms with van der Waals surface area (Å²) in [6.45, 7) is 8.88. The van der Waals surface area contributed by atoms with E-state index in [4.69, 9.17) is 14.3 Å². The molecule has 2 aromatic rings. The molecule has 1 N–H and O–H groups in total. The first kappa shape index (κ1) is 23.5. The van der Waals surface area contributed by atoms with E-state index in [-0.39, 0.29) is 0 Å². The van der Waals surface area contributed by atoms with Crippen molar-refractivity contribution in [3.8, 4) is 11.5 Å². The van der Waals surface area contributed by atoms with Crippen LogP contribution in [0.3, 0.4) is 0 Å². The maximum atomic E-state index is 6.03. The molecule has 0 amide bonds. The Hall–Kier alpha value is -2.79. The lowest BCUT2D eigenvalue weighted by Crippen LogP contribution is -2.26. The molecule has 0 atom stereocenters. The molecule has 0 unspecified atom stereocenters. The summed E-state index contributed by atoms with van der Waals surface area (Å²) in [5, 5.41) is 7.58. The number of nitrogens with zero attached hydrogens (tertiary/aromatic N) is 1. The van der Waals surface area contributed by atoms with Gasteiger partial charge in [-0.3, -0.25) is 0 Å². The molecule has 0 aliphatic rings. The third-order valence-corrected chi connectivity index (χ3v) is 4.56. The van der Waals surface area contributed by atoms with Gasteiger partial charge in [0.2, 0.25) is 0 Å². The Morgan fingerprint density at radius 2 is 1.80 bits per heavy atom. The maximum absolute atomic E-state index is 6.03. The van der Waals surface area contributed by atoms with Gasteiger partial charge in [-0.15, -0.1) is 0 Å². The van der Waals surface area contributed by atoms with Gasteiger partial charge in [-0.25, -0.2) is 0 Å². The minimum atomic E-state index is 0.583. The molecule has 0 heterocycles. The van der Waals surface area contributed by atoms with E-state index in [0.717, 1.165) is 47.7 Å². The standard InChI is InChI=1S/C25H34N2O3/c1-5-6-14-29-24-16-20(2)25(21(3)17-24)30-15-10-13-26-19-23(27-28-4)18-22-11-8-7-9-12-22/h5-9,11-12,16-17,26H,10,13-15,18-19H2,1-4H3/b6-5+,27-23?. The number of hydrogen-bond donors (Lipinski definition) is 1. The molecule has 2 aromatic carbocycles. The normalized spacial score (nSPS) is 11.7. The molecule has 0 radical (unpaired) electrons. The summed E-state index contributed by atoms with van der Waals surface area (Å²) in [7, 11) is 1.58. The Morgan fingerprint density at radius 1 is 1.07 bits per heavy atom. The predicted molar refractivity (Wildman–Crippen MR) is 124 cm³/mol. The molecule has 0 bridgehead atoms. The molecule has 5 nitrogen and oxygen atoms in total. The number of allylic oxidation sites excluding steroid dienone is 1. The van der Waals surface area contributed by atoms with Gasteiger partial charge in [0.1, 0.15) is 25.2 Å². The Labute approximate surface area is 180 Å². The number of nitrogens with one attached hydrogen (secondary N) is 1. The Morgan fingerprint density at radius 3 is 2.47 bits per heavy atom. The molecule has 162 valence electrons. The number of oxime groups is 1. The van der Waals surface area contributed by atoms with Gasteiger partial charge in [-0.2, -0.15) is 0 Å². The summed E-state index contributed by atoms with van der Waals surface area (Å²) in [4.78, 5) is 4.99. The average molecular weight is 411 g/mol. The van der Waals surface area contributed by atoms with Crippen LogP contribution in [0.1, 0.15) is 30.0 Å². The molecule has 5 heteroatoms. The first-order chi connectivity index (χ1) is 14.6. The molecule has 0 saturated heterocycles. The quantitative estimate of drug-likeness (QED) is 0.222. The number of benzene rings is 2. The van der Waals surface area contributed by atoms with Gasteiger partial charge in [0.25, 0.3) is 0 Å². The summed E-state index contributed by atoms with van der Waals surface area (Å²) in [5.74, 6) is 1.82. The third kappa shape index (κ3) is 8.29. The highest BCUT2D eigenvalue weighted by atomic mass is 16.6. The van der Waals surface area contributed by atoms with Crippen molar-refractivity contribution < 1.29 is 14.3 Å². The lowest BCUT2D eigenvalue weighted by Gasteiger charge is -2.14. The van der Waals surface area contributed by atoms with E-state index in [1.165, 1.54) is 5.56 Å². The van der Waals surface area contributed by atoms with Gasteiger partial charge in [0, 0.05) is 13.0 Å². The van der Waals surface area contributed by atoms with E-state index in [2.05, 4.69) is 36.5 Å². The van der Waals surface area contributed by atoms with Gasteiger partial charge < -0.3 is 19.6 Å². The smallest absolute Gasteiger partial charge is 0.125 e. The monoisotopic (exact) mass is 410 g/mol. The molecule has 0 aliphatic heterocycles. The second-order valence-electron chi connectivity index (χ2n) is 7.15. The molecule has 0 spiro atoms. The van der Waals surface area contributed by atoms with Crippen LogP contribution in [0.5, 0.6) is 11.5 Å². The van der Waals surface area contributed by atoms with E-state index in [9.17, 15) is 0 Å². The summed E-state index contributed by atoms with van der Waals surface area (Å²) < 4.78 is 11.8. The minimum absolute atomic E-state index is 0.583. The van der Waals surface area contributed by atoms with Crippen LogP contribution in [0.2, 0.25) is 0 Å².